The van der Waals surface area contributed by atoms with Gasteiger partial charge in [0.05, 0.1) is 23.0 Å². The van der Waals surface area contributed by atoms with Crippen molar-refractivity contribution in [2.75, 3.05) is 6.61 Å². The molecule has 0 bridgehead atoms. The fourth-order valence-electron chi connectivity index (χ4n) is 3.57. The standard InChI is InChI=1S/C25H28Cl2N2O2/c1-2-31-23(30)17-7-5-3-4-6-16-22-28-24(18-12-8-10-14-20(18)26)25(29-22)19-13-9-11-15-21(19)27/h8-15H,2-7,16-17H2,1H3,(H,28,29). The first kappa shape index (κ1) is 23.4. The SMILES string of the molecule is CCOC(=O)CCCCCCCc1nc(-c2ccccc2Cl)c(-c2ccccc2Cl)[nH]1. The zero-order chi connectivity index (χ0) is 22.1. The average Bonchev–Trinajstić information content (AvgIpc) is 3.17. The molecule has 6 heteroatoms. The molecular weight excluding hydrogens is 431 g/mol. The minimum Gasteiger partial charge on any atom is -0.466 e. The Balaban J connectivity index is 1.64. The summed E-state index contributed by atoms with van der Waals surface area (Å²) in [5.41, 5.74) is 3.52. The fraction of sp³-hybridized carbons (Fsp3) is 0.360. The molecule has 0 amide bonds. The summed E-state index contributed by atoms with van der Waals surface area (Å²) < 4.78 is 4.96. The van der Waals surface area contributed by atoms with Crippen molar-refractivity contribution in [3.8, 4) is 22.5 Å². The van der Waals surface area contributed by atoms with Crippen LogP contribution in [0.15, 0.2) is 48.5 Å². The van der Waals surface area contributed by atoms with Crippen molar-refractivity contribution in [3.63, 3.8) is 0 Å². The summed E-state index contributed by atoms with van der Waals surface area (Å²) in [5.74, 6) is 0.827. The van der Waals surface area contributed by atoms with E-state index in [1.165, 1.54) is 0 Å². The molecule has 0 saturated heterocycles. The van der Waals surface area contributed by atoms with Gasteiger partial charge in [-0.25, -0.2) is 4.98 Å². The Morgan fingerprint density at radius 1 is 0.903 bits per heavy atom. The fourth-order valence-corrected chi connectivity index (χ4v) is 4.03. The lowest BCUT2D eigenvalue weighted by atomic mass is 10.1. The van der Waals surface area contributed by atoms with Gasteiger partial charge < -0.3 is 9.72 Å². The van der Waals surface area contributed by atoms with Crippen LogP contribution in [0.25, 0.3) is 22.5 Å². The number of esters is 1. The molecule has 0 fully saturated rings. The monoisotopic (exact) mass is 458 g/mol. The van der Waals surface area contributed by atoms with Crippen molar-refractivity contribution >= 4 is 29.2 Å². The van der Waals surface area contributed by atoms with E-state index in [4.69, 9.17) is 32.9 Å². The Morgan fingerprint density at radius 2 is 1.52 bits per heavy atom. The molecule has 1 N–H and O–H groups in total. The Morgan fingerprint density at radius 3 is 2.19 bits per heavy atom. The van der Waals surface area contributed by atoms with E-state index in [-0.39, 0.29) is 5.97 Å². The number of imidazole rings is 1. The highest BCUT2D eigenvalue weighted by Gasteiger charge is 2.17. The van der Waals surface area contributed by atoms with E-state index < -0.39 is 0 Å². The molecule has 0 aliphatic rings. The van der Waals surface area contributed by atoms with Crippen molar-refractivity contribution in [1.82, 2.24) is 9.97 Å². The maximum Gasteiger partial charge on any atom is 0.305 e. The molecule has 0 aliphatic heterocycles. The quantitative estimate of drug-likeness (QED) is 0.239. The van der Waals surface area contributed by atoms with Crippen molar-refractivity contribution < 1.29 is 9.53 Å². The summed E-state index contributed by atoms with van der Waals surface area (Å²) in [6, 6.07) is 15.5. The number of benzene rings is 2. The Labute approximate surface area is 194 Å². The van der Waals surface area contributed by atoms with Gasteiger partial charge in [0.25, 0.3) is 0 Å². The van der Waals surface area contributed by atoms with Crippen LogP contribution in [0.3, 0.4) is 0 Å². The second-order valence-electron chi connectivity index (χ2n) is 7.44. The van der Waals surface area contributed by atoms with Gasteiger partial charge in [0.2, 0.25) is 0 Å². The van der Waals surface area contributed by atoms with Gasteiger partial charge in [-0.2, -0.15) is 0 Å². The lowest BCUT2D eigenvalue weighted by Crippen LogP contribution is -2.03. The predicted octanol–water partition coefficient (Wildman–Crippen LogP) is 7.50. The van der Waals surface area contributed by atoms with Crippen LogP contribution < -0.4 is 0 Å². The maximum atomic E-state index is 11.4. The molecule has 0 saturated carbocycles. The molecule has 0 spiro atoms. The lowest BCUT2D eigenvalue weighted by molar-refractivity contribution is -0.143. The molecule has 0 radical (unpaired) electrons. The number of carbonyl (C=O) groups excluding carboxylic acids is 1. The minimum atomic E-state index is -0.0997. The number of rotatable bonds is 11. The summed E-state index contributed by atoms with van der Waals surface area (Å²) in [6.45, 7) is 2.29. The molecule has 2 aromatic carbocycles. The van der Waals surface area contributed by atoms with Crippen LogP contribution in [0.2, 0.25) is 10.0 Å². The van der Waals surface area contributed by atoms with Gasteiger partial charge in [0, 0.05) is 29.0 Å². The van der Waals surface area contributed by atoms with Crippen molar-refractivity contribution in [3.05, 3.63) is 64.4 Å². The van der Waals surface area contributed by atoms with Crippen LogP contribution in [-0.4, -0.2) is 22.5 Å². The Bertz CT molecular complexity index is 938. The Hall–Kier alpha value is -2.30. The van der Waals surface area contributed by atoms with Crippen LogP contribution in [0, 0.1) is 0 Å². The third-order valence-electron chi connectivity index (χ3n) is 5.12. The van der Waals surface area contributed by atoms with Gasteiger partial charge >= 0.3 is 5.97 Å². The molecule has 1 heterocycles. The van der Waals surface area contributed by atoms with Gasteiger partial charge in [-0.3, -0.25) is 4.79 Å². The molecule has 3 rings (SSSR count). The largest absolute Gasteiger partial charge is 0.466 e. The molecule has 164 valence electrons. The maximum absolute atomic E-state index is 11.4. The third-order valence-corrected chi connectivity index (χ3v) is 5.78. The molecule has 3 aromatic rings. The molecule has 0 atom stereocenters. The summed E-state index contributed by atoms with van der Waals surface area (Å²) in [4.78, 5) is 19.7. The van der Waals surface area contributed by atoms with E-state index >= 15 is 0 Å². The zero-order valence-electron chi connectivity index (χ0n) is 17.8. The molecule has 0 unspecified atom stereocenters. The van der Waals surface area contributed by atoms with E-state index in [0.29, 0.717) is 23.1 Å². The van der Waals surface area contributed by atoms with E-state index in [0.717, 1.165) is 66.9 Å². The van der Waals surface area contributed by atoms with Crippen molar-refractivity contribution in [2.45, 2.75) is 51.9 Å². The van der Waals surface area contributed by atoms with Crippen molar-refractivity contribution in [1.29, 1.82) is 0 Å². The number of ether oxygens (including phenoxy) is 1. The number of unbranched alkanes of at least 4 members (excludes halogenated alkanes) is 4. The summed E-state index contributed by atoms with van der Waals surface area (Å²) in [6.07, 6.45) is 6.48. The van der Waals surface area contributed by atoms with Crippen LogP contribution in [-0.2, 0) is 16.0 Å². The van der Waals surface area contributed by atoms with Gasteiger partial charge in [-0.05, 0) is 31.9 Å². The number of hydrogen-bond donors (Lipinski definition) is 1. The highest BCUT2D eigenvalue weighted by molar-refractivity contribution is 6.34. The molecule has 4 nitrogen and oxygen atoms in total. The first-order valence-electron chi connectivity index (χ1n) is 10.8. The highest BCUT2D eigenvalue weighted by atomic mass is 35.5. The zero-order valence-corrected chi connectivity index (χ0v) is 19.3. The highest BCUT2D eigenvalue weighted by Crippen LogP contribution is 2.37. The number of aromatic amines is 1. The van der Waals surface area contributed by atoms with Gasteiger partial charge in [-0.1, -0.05) is 78.9 Å². The number of nitrogens with one attached hydrogen (secondary N) is 1. The second-order valence-corrected chi connectivity index (χ2v) is 8.25. The number of aryl methyl sites for hydroxylation is 1. The molecule has 1 aromatic heterocycles. The predicted molar refractivity (Wildman–Crippen MR) is 128 cm³/mol. The number of nitrogens with zero attached hydrogens (tertiary/aromatic N) is 1. The third kappa shape index (κ3) is 6.59. The lowest BCUT2D eigenvalue weighted by Gasteiger charge is -2.06. The first-order valence-corrected chi connectivity index (χ1v) is 11.6. The Kier molecular flexibility index (Phi) is 8.98. The van der Waals surface area contributed by atoms with Gasteiger partial charge in [0.1, 0.15) is 5.82 Å². The summed E-state index contributed by atoms with van der Waals surface area (Å²) in [7, 11) is 0. The number of halogens is 2. The number of carbonyl (C=O) groups is 1. The second kappa shape index (κ2) is 11.9. The van der Waals surface area contributed by atoms with Crippen LogP contribution in [0.1, 0.15) is 51.3 Å². The van der Waals surface area contributed by atoms with E-state index in [1.807, 2.05) is 55.5 Å². The van der Waals surface area contributed by atoms with Gasteiger partial charge in [-0.15, -0.1) is 0 Å². The molecular formula is C25H28Cl2N2O2. The first-order chi connectivity index (χ1) is 15.1. The van der Waals surface area contributed by atoms with E-state index in [9.17, 15) is 4.79 Å². The van der Waals surface area contributed by atoms with E-state index in [1.54, 1.807) is 0 Å². The number of hydrogen-bond acceptors (Lipinski definition) is 3. The average molecular weight is 459 g/mol. The summed E-state index contributed by atoms with van der Waals surface area (Å²) in [5, 5.41) is 1.34. The van der Waals surface area contributed by atoms with Gasteiger partial charge in [0.15, 0.2) is 0 Å². The molecule has 0 aliphatic carbocycles. The number of aromatic nitrogens is 2. The van der Waals surface area contributed by atoms with Crippen LogP contribution in [0.5, 0.6) is 0 Å². The minimum absolute atomic E-state index is 0.0997. The topological polar surface area (TPSA) is 55.0 Å². The number of H-pyrrole nitrogens is 1. The van der Waals surface area contributed by atoms with E-state index in [2.05, 4.69) is 4.98 Å². The smallest absolute Gasteiger partial charge is 0.305 e. The summed E-state index contributed by atoms with van der Waals surface area (Å²) >= 11 is 12.9. The normalized spacial score (nSPS) is 10.9. The van der Waals surface area contributed by atoms with Crippen LogP contribution in [0.4, 0.5) is 0 Å². The van der Waals surface area contributed by atoms with Crippen molar-refractivity contribution in [2.24, 2.45) is 0 Å². The molecule has 31 heavy (non-hydrogen) atoms. The van der Waals surface area contributed by atoms with Crippen LogP contribution >= 0.6 is 23.2 Å².